The summed E-state index contributed by atoms with van der Waals surface area (Å²) in [6, 6.07) is 0. The van der Waals surface area contributed by atoms with Crippen LogP contribution in [0.4, 0.5) is 0 Å². The highest BCUT2D eigenvalue weighted by Gasteiger charge is 2.30. The molecule has 0 aromatic heterocycles. The van der Waals surface area contributed by atoms with Crippen LogP contribution in [0.25, 0.3) is 0 Å². The molecule has 0 spiro atoms. The third-order valence-electron chi connectivity index (χ3n) is 17.6. The highest BCUT2D eigenvalue weighted by Crippen LogP contribution is 2.45. The van der Waals surface area contributed by atoms with Gasteiger partial charge in [-0.1, -0.05) is 295 Å². The van der Waals surface area contributed by atoms with Crippen molar-refractivity contribution in [3.05, 3.63) is 36.5 Å². The molecule has 0 aromatic rings. The number of aliphatic hydroxyl groups is 1. The first-order valence-electron chi connectivity index (χ1n) is 40.2. The van der Waals surface area contributed by atoms with Crippen LogP contribution in [0.2, 0.25) is 0 Å². The van der Waals surface area contributed by atoms with E-state index in [1.165, 1.54) is 167 Å². The number of carbonyl (C=O) groups excluding carboxylic acids is 4. The summed E-state index contributed by atoms with van der Waals surface area (Å²) in [5, 5.41) is 10.6. The van der Waals surface area contributed by atoms with Crippen molar-refractivity contribution in [1.29, 1.82) is 0 Å². The van der Waals surface area contributed by atoms with Crippen LogP contribution in [0.1, 0.15) is 387 Å². The predicted octanol–water partition coefficient (Wildman–Crippen LogP) is 23.1. The average Bonchev–Trinajstić information content (AvgIpc) is 1.04. The lowest BCUT2D eigenvalue weighted by Crippen LogP contribution is -2.30. The Morgan fingerprint density at radius 3 is 0.714 bits per heavy atom. The third-order valence-corrected chi connectivity index (χ3v) is 19.5. The van der Waals surface area contributed by atoms with E-state index in [1.807, 2.05) is 0 Å². The van der Waals surface area contributed by atoms with E-state index < -0.39 is 97.5 Å². The second kappa shape index (κ2) is 72.6. The van der Waals surface area contributed by atoms with Crippen LogP contribution in [-0.2, 0) is 65.4 Å². The van der Waals surface area contributed by atoms with Gasteiger partial charge in [0.15, 0.2) is 12.2 Å². The van der Waals surface area contributed by atoms with Gasteiger partial charge in [0.1, 0.15) is 19.3 Å². The zero-order valence-corrected chi connectivity index (χ0v) is 64.8. The fourth-order valence-corrected chi connectivity index (χ4v) is 13.0. The van der Waals surface area contributed by atoms with Gasteiger partial charge in [-0.25, -0.2) is 9.13 Å². The number of unbranched alkanes of at least 4 members (excludes halogenated alkanes) is 45. The molecule has 17 nitrogen and oxygen atoms in total. The molecule has 3 N–H and O–H groups in total. The quantitative estimate of drug-likeness (QED) is 0.0169. The molecular formula is C79H148O17P2. The summed E-state index contributed by atoms with van der Waals surface area (Å²) in [6.07, 6.45) is 68.3. The number of rotatable bonds is 77. The van der Waals surface area contributed by atoms with Gasteiger partial charge in [-0.15, -0.1) is 0 Å². The van der Waals surface area contributed by atoms with Crippen molar-refractivity contribution >= 4 is 39.5 Å². The van der Waals surface area contributed by atoms with Crippen LogP contribution < -0.4 is 0 Å². The fraction of sp³-hybridized carbons (Fsp3) is 0.873. The van der Waals surface area contributed by atoms with Crippen molar-refractivity contribution in [2.45, 2.75) is 406 Å². The summed E-state index contributed by atoms with van der Waals surface area (Å²) in [4.78, 5) is 72.9. The van der Waals surface area contributed by atoms with Gasteiger partial charge in [0.25, 0.3) is 0 Å². The van der Waals surface area contributed by atoms with Crippen molar-refractivity contribution in [3.8, 4) is 0 Å². The van der Waals surface area contributed by atoms with Gasteiger partial charge >= 0.3 is 39.5 Å². The van der Waals surface area contributed by atoms with E-state index in [-0.39, 0.29) is 25.7 Å². The van der Waals surface area contributed by atoms with Crippen LogP contribution in [0.5, 0.6) is 0 Å². The van der Waals surface area contributed by atoms with Crippen LogP contribution in [0.3, 0.4) is 0 Å². The number of carbonyl (C=O) groups is 4. The zero-order chi connectivity index (χ0) is 71.8. The lowest BCUT2D eigenvalue weighted by atomic mass is 10.0. The smallest absolute Gasteiger partial charge is 0.462 e. The molecule has 2 unspecified atom stereocenters. The third kappa shape index (κ3) is 71.7. The number of hydrogen-bond donors (Lipinski definition) is 3. The van der Waals surface area contributed by atoms with Crippen molar-refractivity contribution in [2.75, 3.05) is 39.6 Å². The Bertz CT molecular complexity index is 2000. The maximum atomic E-state index is 13.1. The molecular weight excluding hydrogens is 1280 g/mol. The van der Waals surface area contributed by atoms with Crippen molar-refractivity contribution < 1.29 is 80.2 Å². The zero-order valence-electron chi connectivity index (χ0n) is 63.0. The molecule has 0 amide bonds. The summed E-state index contributed by atoms with van der Waals surface area (Å²) in [6.45, 7) is 4.91. The van der Waals surface area contributed by atoms with E-state index in [0.717, 1.165) is 141 Å². The first-order valence-corrected chi connectivity index (χ1v) is 43.2. The van der Waals surface area contributed by atoms with Crippen LogP contribution >= 0.6 is 15.6 Å². The molecule has 5 atom stereocenters. The fourth-order valence-electron chi connectivity index (χ4n) is 11.4. The molecule has 0 aromatic carbocycles. The molecule has 0 fully saturated rings. The molecule has 98 heavy (non-hydrogen) atoms. The van der Waals surface area contributed by atoms with Gasteiger partial charge in [-0.05, 0) is 103 Å². The van der Waals surface area contributed by atoms with E-state index >= 15 is 0 Å². The average molecular weight is 1430 g/mol. The molecule has 0 bridgehead atoms. The summed E-state index contributed by atoms with van der Waals surface area (Å²) >= 11 is 0. The van der Waals surface area contributed by atoms with Gasteiger partial charge in [0.05, 0.1) is 26.4 Å². The summed E-state index contributed by atoms with van der Waals surface area (Å²) < 4.78 is 68.6. The number of phosphoric acid groups is 2. The van der Waals surface area contributed by atoms with Crippen LogP contribution in [0, 0.1) is 0 Å². The number of allylic oxidation sites excluding steroid dienone is 6. The molecule has 0 aliphatic heterocycles. The molecule has 0 saturated heterocycles. The maximum absolute atomic E-state index is 13.1. The number of aliphatic hydroxyl groups excluding tert-OH is 1. The Morgan fingerprint density at radius 1 is 0.276 bits per heavy atom. The number of ether oxygens (including phenoxy) is 4. The van der Waals surface area contributed by atoms with Crippen molar-refractivity contribution in [1.82, 2.24) is 0 Å². The Hall–Kier alpha value is -2.72. The highest BCUT2D eigenvalue weighted by atomic mass is 31.2. The van der Waals surface area contributed by atoms with Gasteiger partial charge in [-0.2, -0.15) is 0 Å². The molecule has 0 aliphatic rings. The lowest BCUT2D eigenvalue weighted by molar-refractivity contribution is -0.161. The van der Waals surface area contributed by atoms with Gasteiger partial charge in [-0.3, -0.25) is 37.3 Å². The summed E-state index contributed by atoms with van der Waals surface area (Å²) in [5.41, 5.74) is 0. The molecule has 19 heteroatoms. The Kier molecular flexibility index (Phi) is 70.6. The molecule has 0 aliphatic carbocycles. The summed E-state index contributed by atoms with van der Waals surface area (Å²) in [5.74, 6) is -2.15. The minimum absolute atomic E-state index is 0.0898. The van der Waals surface area contributed by atoms with E-state index in [2.05, 4.69) is 64.2 Å². The minimum Gasteiger partial charge on any atom is -0.462 e. The Morgan fingerprint density at radius 2 is 0.469 bits per heavy atom. The van der Waals surface area contributed by atoms with E-state index in [0.29, 0.717) is 25.7 Å². The van der Waals surface area contributed by atoms with Crippen LogP contribution in [-0.4, -0.2) is 96.7 Å². The van der Waals surface area contributed by atoms with Gasteiger partial charge in [0, 0.05) is 25.7 Å². The largest absolute Gasteiger partial charge is 0.472 e. The lowest BCUT2D eigenvalue weighted by Gasteiger charge is -2.21. The topological polar surface area (TPSA) is 237 Å². The van der Waals surface area contributed by atoms with E-state index in [9.17, 15) is 43.2 Å². The molecule has 0 heterocycles. The number of phosphoric ester groups is 2. The first-order chi connectivity index (χ1) is 47.7. The normalized spacial score (nSPS) is 14.1. The second-order valence-corrected chi connectivity index (χ2v) is 30.3. The number of hydrogen-bond acceptors (Lipinski definition) is 15. The Labute approximate surface area is 598 Å². The van der Waals surface area contributed by atoms with Crippen LogP contribution in [0.15, 0.2) is 36.5 Å². The molecule has 0 rings (SSSR count). The minimum atomic E-state index is -4.97. The van der Waals surface area contributed by atoms with Gasteiger partial charge in [0.2, 0.25) is 0 Å². The molecule has 0 radical (unpaired) electrons. The van der Waals surface area contributed by atoms with E-state index in [4.69, 9.17) is 37.0 Å². The number of esters is 4. The highest BCUT2D eigenvalue weighted by molar-refractivity contribution is 7.47. The molecule has 576 valence electrons. The predicted molar refractivity (Wildman–Crippen MR) is 400 cm³/mol. The second-order valence-electron chi connectivity index (χ2n) is 27.4. The Balaban J connectivity index is 5.31. The maximum Gasteiger partial charge on any atom is 0.472 e. The first kappa shape index (κ1) is 95.3. The van der Waals surface area contributed by atoms with Crippen molar-refractivity contribution in [2.24, 2.45) is 0 Å². The van der Waals surface area contributed by atoms with Crippen molar-refractivity contribution in [3.63, 3.8) is 0 Å². The van der Waals surface area contributed by atoms with Gasteiger partial charge < -0.3 is 33.8 Å². The standard InChI is InChI=1S/C79H148O17P2/c1-5-9-13-17-21-25-29-33-36-40-44-48-52-56-60-64-77(82)90-70-75(96-79(84)66-62-58-54-50-46-42-38-35-31-27-23-19-15-11-7-3)72-94-98(87,88)92-68-73(80)67-91-97(85,86)93-71-74(69-89-76(81)63-59-55-51-47-43-39-32-28-24-20-16-12-8-4)95-78(83)65-61-57-53-49-45-41-37-34-30-26-22-18-14-10-6-2/h25,28-29,32,34,37,73-75,80H,5-24,26-27,30-31,33,35-36,38-72H2,1-4H3,(H,85,86)(H,87,88)/b29-25-,32-28-,37-34-/t73-,74+,75+/m0/s1. The monoisotopic (exact) mass is 1430 g/mol. The SMILES string of the molecule is CCCCCC/C=C\CCCCCCCCCC(=O)OC[C@H](COP(=O)(O)OC[C@@H](O)COP(=O)(O)OC[C@@H](COC(=O)CCCCCCC/C=C\CCCCCC)OC(=O)CCCCCCC/C=C\CCCCCCCC)OC(=O)CCCCCCCCCCCCCCCCC. The van der Waals surface area contributed by atoms with E-state index in [1.54, 1.807) is 0 Å². The molecule has 0 saturated carbocycles. The summed E-state index contributed by atoms with van der Waals surface area (Å²) in [7, 11) is -9.93.